The van der Waals surface area contributed by atoms with Crippen molar-refractivity contribution in [2.45, 2.75) is 18.9 Å². The number of hydrogen-bond acceptors (Lipinski definition) is 4. The van der Waals surface area contributed by atoms with Gasteiger partial charge in [-0.3, -0.25) is 4.79 Å². The van der Waals surface area contributed by atoms with Crippen molar-refractivity contribution < 1.29 is 14.3 Å². The second-order valence-electron chi connectivity index (χ2n) is 4.81. The molecule has 0 aromatic heterocycles. The minimum absolute atomic E-state index is 0. The summed E-state index contributed by atoms with van der Waals surface area (Å²) in [6.45, 7) is 1.33. The molecule has 1 fully saturated rings. The molecule has 0 saturated carbocycles. The number of nitrogens with two attached hydrogens (primary N) is 1. The third-order valence-electron chi connectivity index (χ3n) is 3.50. The zero-order valence-electron chi connectivity index (χ0n) is 11.8. The van der Waals surface area contributed by atoms with Crippen LogP contribution in [-0.2, 0) is 9.53 Å². The summed E-state index contributed by atoms with van der Waals surface area (Å²) in [6.07, 6.45) is 1.63. The molecule has 21 heavy (non-hydrogen) atoms. The van der Waals surface area contributed by atoms with E-state index in [9.17, 15) is 4.79 Å². The Labute approximate surface area is 135 Å². The lowest BCUT2D eigenvalue weighted by molar-refractivity contribution is -0.119. The number of halogens is 2. The van der Waals surface area contributed by atoms with Crippen molar-refractivity contribution in [2.24, 2.45) is 11.7 Å². The van der Waals surface area contributed by atoms with Crippen molar-refractivity contribution in [1.82, 2.24) is 0 Å². The van der Waals surface area contributed by atoms with Gasteiger partial charge in [-0.1, -0.05) is 11.6 Å². The molecule has 0 spiro atoms. The van der Waals surface area contributed by atoms with E-state index >= 15 is 0 Å². The highest BCUT2D eigenvalue weighted by Crippen LogP contribution is 2.27. The molecule has 118 valence electrons. The van der Waals surface area contributed by atoms with Crippen LogP contribution in [0.4, 0.5) is 5.69 Å². The van der Waals surface area contributed by atoms with Crippen LogP contribution in [0.5, 0.6) is 5.75 Å². The summed E-state index contributed by atoms with van der Waals surface area (Å²) in [5.74, 6) is 0.536. The third-order valence-corrected chi connectivity index (χ3v) is 3.79. The van der Waals surface area contributed by atoms with Gasteiger partial charge in [0.1, 0.15) is 5.75 Å². The van der Waals surface area contributed by atoms with Gasteiger partial charge in [0.25, 0.3) is 0 Å². The standard InChI is InChI=1S/C14H19ClN2O3.ClH/c1-19-12-3-2-10(8-11(12)15)17-14(18)13(16)9-4-6-20-7-5-9;/h2-3,8-9,13H,4-7,16H2,1H3,(H,17,18);1H. The molecule has 1 aliphatic heterocycles. The van der Waals surface area contributed by atoms with E-state index in [1.807, 2.05) is 0 Å². The molecular formula is C14H20Cl2N2O3. The van der Waals surface area contributed by atoms with Crippen LogP contribution in [0.3, 0.4) is 0 Å². The first kappa shape index (κ1) is 18.0. The largest absolute Gasteiger partial charge is 0.495 e. The van der Waals surface area contributed by atoms with Crippen molar-refractivity contribution in [3.8, 4) is 5.75 Å². The molecule has 1 amide bonds. The molecule has 1 aliphatic rings. The monoisotopic (exact) mass is 334 g/mol. The minimum Gasteiger partial charge on any atom is -0.495 e. The molecule has 2 rings (SSSR count). The van der Waals surface area contributed by atoms with Gasteiger partial charge in [0.05, 0.1) is 18.2 Å². The van der Waals surface area contributed by atoms with Crippen LogP contribution in [0, 0.1) is 5.92 Å². The van der Waals surface area contributed by atoms with E-state index < -0.39 is 6.04 Å². The first-order valence-electron chi connectivity index (χ1n) is 6.59. The summed E-state index contributed by atoms with van der Waals surface area (Å²) in [4.78, 5) is 12.1. The van der Waals surface area contributed by atoms with Crippen molar-refractivity contribution in [3.63, 3.8) is 0 Å². The average Bonchev–Trinajstić information content (AvgIpc) is 2.47. The summed E-state index contributed by atoms with van der Waals surface area (Å²) >= 11 is 6.02. The second-order valence-corrected chi connectivity index (χ2v) is 5.22. The van der Waals surface area contributed by atoms with Crippen LogP contribution in [0.2, 0.25) is 5.02 Å². The van der Waals surface area contributed by atoms with Crippen LogP contribution in [0.25, 0.3) is 0 Å². The number of rotatable bonds is 4. The lowest BCUT2D eigenvalue weighted by atomic mass is 9.92. The molecule has 3 N–H and O–H groups in total. The minimum atomic E-state index is -0.528. The Morgan fingerprint density at radius 3 is 2.71 bits per heavy atom. The summed E-state index contributed by atoms with van der Waals surface area (Å²) < 4.78 is 10.3. The number of ether oxygens (including phenoxy) is 2. The lowest BCUT2D eigenvalue weighted by Crippen LogP contribution is -2.44. The van der Waals surface area contributed by atoms with Gasteiger partial charge in [0, 0.05) is 18.9 Å². The first-order chi connectivity index (χ1) is 9.61. The topological polar surface area (TPSA) is 73.6 Å². The van der Waals surface area contributed by atoms with E-state index in [1.54, 1.807) is 25.3 Å². The van der Waals surface area contributed by atoms with Crippen molar-refractivity contribution in [1.29, 1.82) is 0 Å². The molecule has 1 aromatic rings. The maximum atomic E-state index is 12.1. The molecule has 1 unspecified atom stereocenters. The number of anilines is 1. The smallest absolute Gasteiger partial charge is 0.241 e. The van der Waals surface area contributed by atoms with E-state index in [2.05, 4.69) is 5.32 Å². The Bertz CT molecular complexity index is 479. The highest BCUT2D eigenvalue weighted by molar-refractivity contribution is 6.32. The van der Waals surface area contributed by atoms with Crippen LogP contribution in [0.1, 0.15) is 12.8 Å². The van der Waals surface area contributed by atoms with E-state index in [4.69, 9.17) is 26.8 Å². The van der Waals surface area contributed by atoms with E-state index in [0.29, 0.717) is 29.7 Å². The molecule has 5 nitrogen and oxygen atoms in total. The molecule has 0 bridgehead atoms. The number of methoxy groups -OCH3 is 1. The SMILES string of the molecule is COc1ccc(NC(=O)C(N)C2CCOCC2)cc1Cl.Cl. The number of benzene rings is 1. The lowest BCUT2D eigenvalue weighted by Gasteiger charge is -2.26. The van der Waals surface area contributed by atoms with Gasteiger partial charge >= 0.3 is 0 Å². The Morgan fingerprint density at radius 2 is 2.14 bits per heavy atom. The second kappa shape index (κ2) is 8.44. The van der Waals surface area contributed by atoms with Crippen molar-refractivity contribution in [2.75, 3.05) is 25.6 Å². The fourth-order valence-corrected chi connectivity index (χ4v) is 2.52. The van der Waals surface area contributed by atoms with E-state index in [0.717, 1.165) is 12.8 Å². The van der Waals surface area contributed by atoms with Gasteiger partial charge in [-0.05, 0) is 37.0 Å². The molecule has 0 radical (unpaired) electrons. The predicted molar refractivity (Wildman–Crippen MR) is 85.4 cm³/mol. The van der Waals surface area contributed by atoms with Crippen LogP contribution in [0.15, 0.2) is 18.2 Å². The molecular weight excluding hydrogens is 315 g/mol. The summed E-state index contributed by atoms with van der Waals surface area (Å²) in [5.41, 5.74) is 6.62. The fourth-order valence-electron chi connectivity index (χ4n) is 2.26. The van der Waals surface area contributed by atoms with Gasteiger partial charge in [-0.25, -0.2) is 0 Å². The van der Waals surface area contributed by atoms with Crippen LogP contribution >= 0.6 is 24.0 Å². The Balaban J connectivity index is 0.00000220. The van der Waals surface area contributed by atoms with Gasteiger partial charge in [-0.15, -0.1) is 12.4 Å². The van der Waals surface area contributed by atoms with Gasteiger partial charge in [0.15, 0.2) is 0 Å². The normalized spacial score (nSPS) is 16.7. The molecule has 1 saturated heterocycles. The third kappa shape index (κ3) is 4.74. The fraction of sp³-hybridized carbons (Fsp3) is 0.500. The summed E-state index contributed by atoms with van der Waals surface area (Å²) in [7, 11) is 1.54. The molecule has 1 heterocycles. The number of amides is 1. The molecule has 1 atom stereocenters. The number of hydrogen-bond donors (Lipinski definition) is 2. The van der Waals surface area contributed by atoms with Gasteiger partial charge in [0.2, 0.25) is 5.91 Å². The van der Waals surface area contributed by atoms with Crippen LogP contribution < -0.4 is 15.8 Å². The Hall–Kier alpha value is -1.01. The van der Waals surface area contributed by atoms with E-state index in [1.165, 1.54) is 0 Å². The predicted octanol–water partition coefficient (Wildman–Crippen LogP) is 2.46. The van der Waals surface area contributed by atoms with Crippen LogP contribution in [-0.4, -0.2) is 32.3 Å². The summed E-state index contributed by atoms with van der Waals surface area (Å²) in [5, 5.41) is 3.24. The maximum Gasteiger partial charge on any atom is 0.241 e. The first-order valence-corrected chi connectivity index (χ1v) is 6.97. The highest BCUT2D eigenvalue weighted by Gasteiger charge is 2.26. The molecule has 7 heteroatoms. The molecule has 0 aliphatic carbocycles. The number of carbonyl (C=O) groups excluding carboxylic acids is 1. The van der Waals surface area contributed by atoms with Gasteiger partial charge in [-0.2, -0.15) is 0 Å². The highest BCUT2D eigenvalue weighted by atomic mass is 35.5. The number of nitrogens with one attached hydrogen (secondary N) is 1. The van der Waals surface area contributed by atoms with E-state index in [-0.39, 0.29) is 24.2 Å². The number of carbonyl (C=O) groups is 1. The summed E-state index contributed by atoms with van der Waals surface area (Å²) in [6, 6.07) is 4.56. The average molecular weight is 335 g/mol. The Kier molecular flexibility index (Phi) is 7.25. The zero-order valence-corrected chi connectivity index (χ0v) is 13.4. The van der Waals surface area contributed by atoms with Crippen molar-refractivity contribution in [3.05, 3.63) is 23.2 Å². The quantitative estimate of drug-likeness (QED) is 0.886. The molecule has 1 aromatic carbocycles. The maximum absolute atomic E-state index is 12.1. The Morgan fingerprint density at radius 1 is 1.48 bits per heavy atom. The zero-order chi connectivity index (χ0) is 14.5. The van der Waals surface area contributed by atoms with Gasteiger partial charge < -0.3 is 20.5 Å². The van der Waals surface area contributed by atoms with Crippen molar-refractivity contribution >= 4 is 35.6 Å².